The zero-order valence-corrected chi connectivity index (χ0v) is 16.1. The molecule has 0 N–H and O–H groups in total. The SMILES string of the molecule is Cc1cccc([Si](F)(c2ccccc2)c2ccccc2)c1-c1ccccn1. The van der Waals surface area contributed by atoms with E-state index in [2.05, 4.69) is 4.98 Å². The van der Waals surface area contributed by atoms with E-state index in [1.807, 2.05) is 104 Å². The van der Waals surface area contributed by atoms with Gasteiger partial charge in [-0.05, 0) is 40.2 Å². The van der Waals surface area contributed by atoms with Crippen molar-refractivity contribution < 1.29 is 4.11 Å². The summed E-state index contributed by atoms with van der Waals surface area (Å²) in [5, 5.41) is 2.25. The number of pyridine rings is 1. The second-order valence-electron chi connectivity index (χ2n) is 6.60. The van der Waals surface area contributed by atoms with Gasteiger partial charge in [-0.2, -0.15) is 0 Å². The Morgan fingerprint density at radius 3 is 1.81 bits per heavy atom. The monoisotopic (exact) mass is 369 g/mol. The quantitative estimate of drug-likeness (QED) is 0.301. The topological polar surface area (TPSA) is 12.9 Å². The van der Waals surface area contributed by atoms with Crippen molar-refractivity contribution in [2.24, 2.45) is 0 Å². The van der Waals surface area contributed by atoms with Crippen molar-refractivity contribution in [2.75, 3.05) is 0 Å². The van der Waals surface area contributed by atoms with Crippen LogP contribution in [0.2, 0.25) is 0 Å². The van der Waals surface area contributed by atoms with Gasteiger partial charge in [0.15, 0.2) is 0 Å². The molecule has 0 saturated carbocycles. The molecular weight excluding hydrogens is 349 g/mol. The van der Waals surface area contributed by atoms with Crippen molar-refractivity contribution in [2.45, 2.75) is 6.92 Å². The minimum Gasteiger partial charge on any atom is -0.296 e. The van der Waals surface area contributed by atoms with E-state index in [1.54, 1.807) is 6.20 Å². The van der Waals surface area contributed by atoms with Gasteiger partial charge < -0.3 is 0 Å². The number of rotatable bonds is 4. The Labute approximate surface area is 160 Å². The van der Waals surface area contributed by atoms with Gasteiger partial charge in [-0.15, -0.1) is 0 Å². The Kier molecular flexibility index (Phi) is 4.69. The molecule has 0 bridgehead atoms. The van der Waals surface area contributed by atoms with Crippen molar-refractivity contribution in [3.8, 4) is 11.3 Å². The lowest BCUT2D eigenvalue weighted by Crippen LogP contribution is -2.64. The molecule has 0 aliphatic heterocycles. The van der Waals surface area contributed by atoms with Crippen LogP contribution >= 0.6 is 0 Å². The second kappa shape index (κ2) is 7.29. The predicted molar refractivity (Wildman–Crippen MR) is 113 cm³/mol. The summed E-state index contributed by atoms with van der Waals surface area (Å²) in [5.74, 6) is 0. The standard InChI is InChI=1S/C24H20FNSi/c1-19-11-10-17-23(24(19)22-16-8-9-18-26-22)27(25,20-12-4-2-5-13-20)21-14-6-3-7-15-21/h2-18H,1H3. The molecule has 1 heterocycles. The highest BCUT2D eigenvalue weighted by Gasteiger charge is 2.43. The predicted octanol–water partition coefficient (Wildman–Crippen LogP) is 3.99. The van der Waals surface area contributed by atoms with Crippen molar-refractivity contribution >= 4 is 24.0 Å². The highest BCUT2D eigenvalue weighted by molar-refractivity contribution is 7.07. The Morgan fingerprint density at radius 2 is 1.26 bits per heavy atom. The number of nitrogens with zero attached hydrogens (tertiary/aromatic N) is 1. The lowest BCUT2D eigenvalue weighted by atomic mass is 10.1. The van der Waals surface area contributed by atoms with E-state index in [4.69, 9.17) is 0 Å². The first kappa shape index (κ1) is 17.4. The molecule has 0 saturated heterocycles. The molecule has 4 rings (SSSR count). The van der Waals surface area contributed by atoms with Gasteiger partial charge in [0.2, 0.25) is 0 Å². The van der Waals surface area contributed by atoms with Gasteiger partial charge in [0.1, 0.15) is 0 Å². The first-order valence-electron chi connectivity index (χ1n) is 9.02. The average molecular weight is 370 g/mol. The fraction of sp³-hybridized carbons (Fsp3) is 0.0417. The van der Waals surface area contributed by atoms with Crippen LogP contribution in [0, 0.1) is 6.92 Å². The van der Waals surface area contributed by atoms with E-state index in [0.717, 1.165) is 32.4 Å². The van der Waals surface area contributed by atoms with E-state index in [1.165, 1.54) is 0 Å². The maximum Gasteiger partial charge on any atom is 0.340 e. The minimum absolute atomic E-state index is 0.749. The Balaban J connectivity index is 2.05. The maximum atomic E-state index is 17.2. The fourth-order valence-electron chi connectivity index (χ4n) is 3.62. The number of hydrogen-bond acceptors (Lipinski definition) is 1. The number of halogens is 1. The van der Waals surface area contributed by atoms with Gasteiger partial charge >= 0.3 is 8.41 Å². The molecule has 0 atom stereocenters. The number of aromatic nitrogens is 1. The molecule has 0 fully saturated rings. The fourth-order valence-corrected chi connectivity index (χ4v) is 6.87. The minimum atomic E-state index is -3.68. The molecule has 0 unspecified atom stereocenters. The van der Waals surface area contributed by atoms with E-state index in [-0.39, 0.29) is 0 Å². The van der Waals surface area contributed by atoms with Crippen molar-refractivity contribution in [3.05, 3.63) is 109 Å². The van der Waals surface area contributed by atoms with E-state index < -0.39 is 8.41 Å². The van der Waals surface area contributed by atoms with Gasteiger partial charge in [0.05, 0.1) is 5.69 Å². The lowest BCUT2D eigenvalue weighted by Gasteiger charge is -2.27. The first-order valence-corrected chi connectivity index (χ1v) is 10.9. The summed E-state index contributed by atoms with van der Waals surface area (Å²) in [5.41, 5.74) is 2.75. The largest absolute Gasteiger partial charge is 0.340 e. The normalized spacial score (nSPS) is 11.3. The molecule has 1 aromatic heterocycles. The van der Waals surface area contributed by atoms with Crippen LogP contribution < -0.4 is 15.6 Å². The third-order valence-corrected chi connectivity index (χ3v) is 8.32. The molecule has 3 heteroatoms. The molecule has 4 aromatic rings. The molecule has 132 valence electrons. The highest BCUT2D eigenvalue weighted by Crippen LogP contribution is 2.23. The van der Waals surface area contributed by atoms with Crippen molar-refractivity contribution in [1.29, 1.82) is 0 Å². The van der Waals surface area contributed by atoms with Crippen LogP contribution in [0.4, 0.5) is 4.11 Å². The Hall–Kier alpha value is -3.04. The van der Waals surface area contributed by atoms with E-state index in [0.29, 0.717) is 0 Å². The summed E-state index contributed by atoms with van der Waals surface area (Å²) in [6.07, 6.45) is 1.76. The van der Waals surface area contributed by atoms with Crippen LogP contribution in [0.15, 0.2) is 103 Å². The number of benzene rings is 3. The third kappa shape index (κ3) is 3.11. The van der Waals surface area contributed by atoms with Crippen LogP contribution in [0.25, 0.3) is 11.3 Å². The number of aryl methyl sites for hydroxylation is 1. The molecular formula is C24H20FNSi. The average Bonchev–Trinajstić information content (AvgIpc) is 2.75. The van der Waals surface area contributed by atoms with Gasteiger partial charge in [0, 0.05) is 11.8 Å². The lowest BCUT2D eigenvalue weighted by molar-refractivity contribution is 0.842. The van der Waals surface area contributed by atoms with Crippen LogP contribution in [-0.2, 0) is 0 Å². The summed E-state index contributed by atoms with van der Waals surface area (Å²) < 4.78 is 17.2. The third-order valence-electron chi connectivity index (χ3n) is 4.91. The van der Waals surface area contributed by atoms with Gasteiger partial charge in [-0.1, -0.05) is 84.9 Å². The molecule has 0 amide bonds. The van der Waals surface area contributed by atoms with Crippen molar-refractivity contribution in [1.82, 2.24) is 4.98 Å². The molecule has 27 heavy (non-hydrogen) atoms. The molecule has 0 radical (unpaired) electrons. The molecule has 0 aliphatic rings. The zero-order chi connectivity index (χ0) is 18.7. The summed E-state index contributed by atoms with van der Waals surface area (Å²) >= 11 is 0. The summed E-state index contributed by atoms with van der Waals surface area (Å²) in [6, 6.07) is 30.8. The smallest absolute Gasteiger partial charge is 0.296 e. The Morgan fingerprint density at radius 1 is 0.667 bits per heavy atom. The molecule has 0 aliphatic carbocycles. The van der Waals surface area contributed by atoms with E-state index in [9.17, 15) is 0 Å². The van der Waals surface area contributed by atoms with Gasteiger partial charge in [-0.25, -0.2) is 0 Å². The summed E-state index contributed by atoms with van der Waals surface area (Å²) in [6.45, 7) is 2.03. The molecule has 1 nitrogen and oxygen atoms in total. The second-order valence-corrected chi connectivity index (χ2v) is 9.61. The number of hydrogen-bond donors (Lipinski definition) is 0. The summed E-state index contributed by atoms with van der Waals surface area (Å²) in [4.78, 5) is 4.53. The van der Waals surface area contributed by atoms with E-state index >= 15 is 4.11 Å². The highest BCUT2D eigenvalue weighted by atomic mass is 28.4. The maximum absolute atomic E-state index is 17.2. The molecule has 3 aromatic carbocycles. The van der Waals surface area contributed by atoms with Crippen LogP contribution in [0.3, 0.4) is 0 Å². The van der Waals surface area contributed by atoms with Crippen LogP contribution in [-0.4, -0.2) is 13.4 Å². The van der Waals surface area contributed by atoms with Crippen molar-refractivity contribution in [3.63, 3.8) is 0 Å². The first-order chi connectivity index (χ1) is 13.2. The van der Waals surface area contributed by atoms with Gasteiger partial charge in [-0.3, -0.25) is 9.09 Å². The van der Waals surface area contributed by atoms with Crippen LogP contribution in [0.5, 0.6) is 0 Å². The summed E-state index contributed by atoms with van der Waals surface area (Å²) in [7, 11) is -3.68. The van der Waals surface area contributed by atoms with Crippen LogP contribution in [0.1, 0.15) is 5.56 Å². The zero-order valence-electron chi connectivity index (χ0n) is 15.1. The van der Waals surface area contributed by atoms with Gasteiger partial charge in [0.25, 0.3) is 0 Å². The Bertz CT molecular complexity index is 994. The molecule has 0 spiro atoms.